The molecule has 0 aliphatic carbocycles. The number of aliphatic carboxylic acids is 1. The van der Waals surface area contributed by atoms with Crippen LogP contribution in [0.2, 0.25) is 0 Å². The number of benzene rings is 1. The van der Waals surface area contributed by atoms with E-state index in [9.17, 15) is 24.5 Å². The Morgan fingerprint density at radius 3 is 2.32 bits per heavy atom. The van der Waals surface area contributed by atoms with Crippen LogP contribution in [0.25, 0.3) is 17.2 Å². The van der Waals surface area contributed by atoms with Crippen molar-refractivity contribution in [1.82, 2.24) is 4.98 Å². The Bertz CT molecular complexity index is 990. The van der Waals surface area contributed by atoms with Crippen molar-refractivity contribution in [2.75, 3.05) is 13.7 Å². The number of pyridine rings is 1. The number of aliphatic hydroxyl groups is 3. The number of methoxy groups -OCH3 is 1. The highest BCUT2D eigenvalue weighted by atomic mass is 19.1. The third-order valence-corrected chi connectivity index (χ3v) is 5.52. The molecule has 34 heavy (non-hydrogen) atoms. The molecule has 0 unspecified atom stereocenters. The van der Waals surface area contributed by atoms with Gasteiger partial charge in [-0.15, -0.1) is 0 Å². The molecule has 8 heteroatoms. The number of carboxylic acids is 1. The summed E-state index contributed by atoms with van der Waals surface area (Å²) >= 11 is 0. The van der Waals surface area contributed by atoms with Crippen LogP contribution < -0.4 is 0 Å². The van der Waals surface area contributed by atoms with E-state index in [1.54, 1.807) is 25.3 Å². The average Bonchev–Trinajstić information content (AvgIpc) is 2.77. The number of halogens is 1. The fourth-order valence-corrected chi connectivity index (χ4v) is 3.87. The van der Waals surface area contributed by atoms with Crippen LogP contribution in [-0.2, 0) is 16.1 Å². The first-order valence-electron chi connectivity index (χ1n) is 11.3. The molecule has 0 aliphatic rings. The molecule has 2 aromatic rings. The van der Waals surface area contributed by atoms with Crippen molar-refractivity contribution in [2.45, 2.75) is 64.3 Å². The molecular formula is C26H34FNO6. The fraction of sp³-hybridized carbons (Fsp3) is 0.462. The normalized spacial score (nSPS) is 14.5. The lowest BCUT2D eigenvalue weighted by molar-refractivity contribution is -0.139. The molecular weight excluding hydrogens is 441 g/mol. The summed E-state index contributed by atoms with van der Waals surface area (Å²) < 4.78 is 19.2. The first-order valence-corrected chi connectivity index (χ1v) is 11.3. The zero-order valence-corrected chi connectivity index (χ0v) is 20.0. The molecule has 3 atom stereocenters. The molecule has 1 aromatic heterocycles. The molecule has 4 N–H and O–H groups in total. The van der Waals surface area contributed by atoms with Crippen LogP contribution in [0.3, 0.4) is 0 Å². The van der Waals surface area contributed by atoms with Gasteiger partial charge in [0.15, 0.2) is 0 Å². The van der Waals surface area contributed by atoms with E-state index in [1.807, 2.05) is 20.8 Å². The van der Waals surface area contributed by atoms with Crippen molar-refractivity contribution in [3.63, 3.8) is 0 Å². The second-order valence-electron chi connectivity index (χ2n) is 8.74. The molecule has 1 heterocycles. The van der Waals surface area contributed by atoms with Gasteiger partial charge in [0, 0.05) is 30.6 Å². The number of hydrogen-bond donors (Lipinski definition) is 4. The van der Waals surface area contributed by atoms with Gasteiger partial charge in [-0.05, 0) is 29.2 Å². The Labute approximate surface area is 199 Å². The predicted octanol–water partition coefficient (Wildman–Crippen LogP) is 3.85. The third kappa shape index (κ3) is 7.17. The number of hydrogen-bond acceptors (Lipinski definition) is 6. The van der Waals surface area contributed by atoms with Crippen molar-refractivity contribution < 1.29 is 34.3 Å². The van der Waals surface area contributed by atoms with Crippen LogP contribution in [0.5, 0.6) is 0 Å². The zero-order valence-electron chi connectivity index (χ0n) is 20.0. The van der Waals surface area contributed by atoms with Gasteiger partial charge < -0.3 is 25.2 Å². The van der Waals surface area contributed by atoms with Crippen molar-refractivity contribution in [1.29, 1.82) is 0 Å². The Morgan fingerprint density at radius 2 is 1.79 bits per heavy atom. The molecule has 0 fully saturated rings. The first-order chi connectivity index (χ1) is 16.1. The van der Waals surface area contributed by atoms with Crippen LogP contribution in [0.1, 0.15) is 68.0 Å². The summed E-state index contributed by atoms with van der Waals surface area (Å²) in [6.45, 7) is 5.91. The minimum Gasteiger partial charge on any atom is -0.481 e. The van der Waals surface area contributed by atoms with E-state index in [1.165, 1.54) is 18.2 Å². The first kappa shape index (κ1) is 27.6. The van der Waals surface area contributed by atoms with Crippen LogP contribution in [-0.4, -0.2) is 57.3 Å². The molecule has 2 rings (SSSR count). The zero-order chi connectivity index (χ0) is 25.4. The molecule has 0 spiro atoms. The molecule has 0 saturated heterocycles. The van der Waals surface area contributed by atoms with E-state index >= 15 is 0 Å². The maximum absolute atomic E-state index is 13.7. The summed E-state index contributed by atoms with van der Waals surface area (Å²) in [6.07, 6.45) is 0.323. The van der Waals surface area contributed by atoms with Crippen molar-refractivity contribution in [3.05, 3.63) is 58.7 Å². The molecule has 0 saturated carbocycles. The van der Waals surface area contributed by atoms with Crippen molar-refractivity contribution in [3.8, 4) is 11.1 Å². The Hall–Kier alpha value is -2.65. The van der Waals surface area contributed by atoms with Gasteiger partial charge in [0.25, 0.3) is 0 Å². The number of aliphatic hydroxyl groups excluding tert-OH is 3. The van der Waals surface area contributed by atoms with Gasteiger partial charge in [-0.1, -0.05) is 45.1 Å². The number of carboxylic acid groups (broad SMARTS) is 1. The Morgan fingerprint density at radius 1 is 1.15 bits per heavy atom. The summed E-state index contributed by atoms with van der Waals surface area (Å²) in [7, 11) is 1.56. The number of carbonyl (C=O) groups is 1. The van der Waals surface area contributed by atoms with Gasteiger partial charge in [0.2, 0.25) is 0 Å². The number of ether oxygens (including phenoxy) is 1. The highest BCUT2D eigenvalue weighted by Gasteiger charge is 2.24. The Balaban J connectivity index is 2.72. The van der Waals surface area contributed by atoms with E-state index in [0.29, 0.717) is 11.3 Å². The van der Waals surface area contributed by atoms with Crippen LogP contribution >= 0.6 is 0 Å². The van der Waals surface area contributed by atoms with Gasteiger partial charge in [0.05, 0.1) is 43.2 Å². The lowest BCUT2D eigenvalue weighted by Gasteiger charge is -2.24. The van der Waals surface area contributed by atoms with E-state index in [-0.39, 0.29) is 37.3 Å². The van der Waals surface area contributed by atoms with Crippen molar-refractivity contribution >= 4 is 12.0 Å². The van der Waals surface area contributed by atoms with Gasteiger partial charge >= 0.3 is 5.97 Å². The molecule has 0 amide bonds. The lowest BCUT2D eigenvalue weighted by atomic mass is 9.86. The van der Waals surface area contributed by atoms with E-state index in [4.69, 9.17) is 14.8 Å². The summed E-state index contributed by atoms with van der Waals surface area (Å²) in [5.74, 6) is -1.81. The summed E-state index contributed by atoms with van der Waals surface area (Å²) in [5, 5.41) is 39.0. The summed E-state index contributed by atoms with van der Waals surface area (Å²) in [6, 6.07) is 6.04. The smallest absolute Gasteiger partial charge is 0.305 e. The van der Waals surface area contributed by atoms with Gasteiger partial charge in [-0.2, -0.15) is 0 Å². The second kappa shape index (κ2) is 12.7. The SMILES string of the molecule is COCc1c([C@@H](C)CO)nc(C(C)C)c(/C=C/[C@H](O)C[C@H](O)CC(=O)O)c1-c1ccc(F)cc1. The summed E-state index contributed by atoms with van der Waals surface area (Å²) in [4.78, 5) is 15.7. The third-order valence-electron chi connectivity index (χ3n) is 5.52. The average molecular weight is 476 g/mol. The second-order valence-corrected chi connectivity index (χ2v) is 8.74. The predicted molar refractivity (Wildman–Crippen MR) is 128 cm³/mol. The largest absolute Gasteiger partial charge is 0.481 e. The molecule has 186 valence electrons. The maximum atomic E-state index is 13.7. The number of aromatic nitrogens is 1. The minimum atomic E-state index is -1.19. The number of rotatable bonds is 12. The van der Waals surface area contributed by atoms with Gasteiger partial charge in [-0.25, -0.2) is 4.39 Å². The lowest BCUT2D eigenvalue weighted by Crippen LogP contribution is -2.19. The molecule has 0 bridgehead atoms. The van der Waals surface area contributed by atoms with Gasteiger partial charge in [-0.3, -0.25) is 9.78 Å². The van der Waals surface area contributed by atoms with E-state index in [2.05, 4.69) is 0 Å². The highest BCUT2D eigenvalue weighted by molar-refractivity contribution is 5.80. The van der Waals surface area contributed by atoms with Crippen molar-refractivity contribution in [2.24, 2.45) is 0 Å². The molecule has 1 aromatic carbocycles. The monoisotopic (exact) mass is 475 g/mol. The molecule has 0 aliphatic heterocycles. The van der Waals surface area contributed by atoms with E-state index < -0.39 is 24.6 Å². The standard InChI is InChI=1S/C26H34FNO6/c1-15(2)25-21(10-9-19(30)11-20(31)12-23(32)33)24(17-5-7-18(27)8-6-17)22(14-34-4)26(28-25)16(3)13-29/h5-10,15-16,19-20,29-31H,11-14H2,1-4H3,(H,32,33)/b10-9+/t16-,19-,20-/m0/s1. The fourth-order valence-electron chi connectivity index (χ4n) is 3.87. The van der Waals surface area contributed by atoms with Crippen LogP contribution in [0.4, 0.5) is 4.39 Å². The van der Waals surface area contributed by atoms with Gasteiger partial charge in [0.1, 0.15) is 5.82 Å². The Kier molecular flexibility index (Phi) is 10.3. The van der Waals surface area contributed by atoms with E-state index in [0.717, 1.165) is 22.4 Å². The quantitative estimate of drug-likeness (QED) is 0.368. The maximum Gasteiger partial charge on any atom is 0.305 e. The van der Waals surface area contributed by atoms with Crippen LogP contribution in [0.15, 0.2) is 30.3 Å². The highest BCUT2D eigenvalue weighted by Crippen LogP contribution is 2.38. The molecule has 7 nitrogen and oxygen atoms in total. The summed E-state index contributed by atoms with van der Waals surface area (Å²) in [5.41, 5.74) is 4.34. The van der Waals surface area contributed by atoms with Crippen LogP contribution in [0, 0.1) is 5.82 Å². The minimum absolute atomic E-state index is 0.0187. The molecule has 0 radical (unpaired) electrons. The number of nitrogens with zero attached hydrogens (tertiary/aromatic N) is 1. The topological polar surface area (TPSA) is 120 Å².